The lowest BCUT2D eigenvalue weighted by molar-refractivity contribution is 0.628. The summed E-state index contributed by atoms with van der Waals surface area (Å²) in [6.07, 6.45) is 0. The van der Waals surface area contributed by atoms with Crippen LogP contribution in [0.15, 0.2) is 24.3 Å². The van der Waals surface area contributed by atoms with Crippen molar-refractivity contribution in [1.82, 2.24) is 0 Å². The van der Waals surface area contributed by atoms with Gasteiger partial charge in [-0.3, -0.25) is 0 Å². The molecule has 0 nitrogen and oxygen atoms in total. The minimum atomic E-state index is -2.72. The molecule has 0 N–H and O–H groups in total. The zero-order chi connectivity index (χ0) is 8.48. The Balaban J connectivity index is 2.99. The molecule has 1 aromatic rings. The maximum atomic E-state index is 13.3. The second-order valence-electron chi connectivity index (χ2n) is 2.98. The molecule has 0 fully saturated rings. The molecule has 0 aromatic heterocycles. The maximum absolute atomic E-state index is 13.3. The van der Waals surface area contributed by atoms with Gasteiger partial charge < -0.3 is 4.11 Å². The highest BCUT2D eigenvalue weighted by Crippen LogP contribution is 2.04. The largest absolute Gasteiger partial charge is 0.308 e. The van der Waals surface area contributed by atoms with E-state index in [1.165, 1.54) is 24.3 Å². The lowest BCUT2D eigenvalue weighted by Gasteiger charge is -2.10. The lowest BCUT2D eigenvalue weighted by Crippen LogP contribution is -2.36. The van der Waals surface area contributed by atoms with Crippen molar-refractivity contribution in [1.29, 1.82) is 0 Å². The molecular weight excluding hydrogens is 162 g/mol. The smallest absolute Gasteiger partial charge is 0.271 e. The Bertz CT molecular complexity index is 235. The molecule has 0 heterocycles. The van der Waals surface area contributed by atoms with Gasteiger partial charge in [0.05, 0.1) is 0 Å². The topological polar surface area (TPSA) is 0 Å². The summed E-state index contributed by atoms with van der Waals surface area (Å²) >= 11 is 0. The zero-order valence-electron chi connectivity index (χ0n) is 6.57. The van der Waals surface area contributed by atoms with Gasteiger partial charge in [0.25, 0.3) is 8.41 Å². The molecule has 0 saturated carbocycles. The van der Waals surface area contributed by atoms with Gasteiger partial charge >= 0.3 is 0 Å². The standard InChI is InChI=1S/C8H10F2Si/c1-11(2,10)8-5-3-7(9)4-6-8/h3-6H,1-2H3. The number of hydrogen-bond acceptors (Lipinski definition) is 0. The molecule has 0 unspecified atom stereocenters. The van der Waals surface area contributed by atoms with Gasteiger partial charge in [0.15, 0.2) is 0 Å². The van der Waals surface area contributed by atoms with Crippen LogP contribution in [0.2, 0.25) is 13.1 Å². The molecule has 0 aliphatic rings. The molecule has 60 valence electrons. The fourth-order valence-electron chi connectivity index (χ4n) is 0.846. The second-order valence-corrected chi connectivity index (χ2v) is 6.50. The van der Waals surface area contributed by atoms with Crippen molar-refractivity contribution in [2.45, 2.75) is 13.1 Å². The normalized spacial score (nSPS) is 11.6. The van der Waals surface area contributed by atoms with Gasteiger partial charge in [-0.1, -0.05) is 12.1 Å². The number of benzene rings is 1. The van der Waals surface area contributed by atoms with Crippen molar-refractivity contribution in [3.63, 3.8) is 0 Å². The second kappa shape index (κ2) is 2.74. The third-order valence-electron chi connectivity index (χ3n) is 1.53. The fourth-order valence-corrected chi connectivity index (χ4v) is 1.81. The molecule has 0 spiro atoms. The van der Waals surface area contributed by atoms with E-state index >= 15 is 0 Å². The third kappa shape index (κ3) is 2.12. The van der Waals surface area contributed by atoms with Crippen LogP contribution in [-0.4, -0.2) is 8.41 Å². The Hall–Kier alpha value is -0.703. The quantitative estimate of drug-likeness (QED) is 0.450. The van der Waals surface area contributed by atoms with Crippen molar-refractivity contribution in [2.24, 2.45) is 0 Å². The Morgan fingerprint density at radius 1 is 1.09 bits per heavy atom. The van der Waals surface area contributed by atoms with Crippen LogP contribution >= 0.6 is 0 Å². The highest BCUT2D eigenvalue weighted by molar-refractivity contribution is 6.83. The first kappa shape index (κ1) is 8.39. The molecule has 0 aliphatic heterocycles. The van der Waals surface area contributed by atoms with Gasteiger partial charge in [-0.25, -0.2) is 4.39 Å². The summed E-state index contributed by atoms with van der Waals surface area (Å²) in [6.45, 7) is 3.17. The molecule has 0 radical (unpaired) electrons. The Morgan fingerprint density at radius 2 is 1.55 bits per heavy atom. The summed E-state index contributed by atoms with van der Waals surface area (Å²) in [4.78, 5) is 0. The monoisotopic (exact) mass is 172 g/mol. The van der Waals surface area contributed by atoms with E-state index in [0.717, 1.165) is 0 Å². The molecule has 0 saturated heterocycles. The summed E-state index contributed by atoms with van der Waals surface area (Å²) in [5, 5.41) is 0.638. The molecule has 1 aromatic carbocycles. The fraction of sp³-hybridized carbons (Fsp3) is 0.250. The van der Waals surface area contributed by atoms with Gasteiger partial charge in [-0.05, 0) is 30.4 Å². The number of rotatable bonds is 1. The van der Waals surface area contributed by atoms with Crippen LogP contribution in [0.25, 0.3) is 0 Å². The lowest BCUT2D eigenvalue weighted by atomic mass is 10.3. The SMILES string of the molecule is C[Si](C)(F)c1ccc(F)cc1. The number of halogens is 2. The van der Waals surface area contributed by atoms with E-state index in [1.54, 1.807) is 13.1 Å². The van der Waals surface area contributed by atoms with E-state index in [4.69, 9.17) is 0 Å². The van der Waals surface area contributed by atoms with Crippen LogP contribution in [0.4, 0.5) is 8.50 Å². The van der Waals surface area contributed by atoms with Crippen molar-refractivity contribution in [3.8, 4) is 0 Å². The van der Waals surface area contributed by atoms with Gasteiger partial charge in [-0.2, -0.15) is 0 Å². The third-order valence-corrected chi connectivity index (χ3v) is 3.24. The van der Waals surface area contributed by atoms with E-state index in [9.17, 15) is 8.50 Å². The van der Waals surface area contributed by atoms with Crippen molar-refractivity contribution < 1.29 is 8.50 Å². The summed E-state index contributed by atoms with van der Waals surface area (Å²) in [6, 6.07) is 5.62. The van der Waals surface area contributed by atoms with E-state index in [-0.39, 0.29) is 5.82 Å². The van der Waals surface area contributed by atoms with Crippen molar-refractivity contribution in [3.05, 3.63) is 30.1 Å². The minimum Gasteiger partial charge on any atom is -0.308 e. The van der Waals surface area contributed by atoms with Gasteiger partial charge in [0.1, 0.15) is 5.82 Å². The average Bonchev–Trinajstić information content (AvgIpc) is 1.86. The first-order chi connectivity index (χ1) is 5.00. The van der Waals surface area contributed by atoms with E-state index in [0.29, 0.717) is 5.19 Å². The van der Waals surface area contributed by atoms with Crippen LogP contribution in [0.5, 0.6) is 0 Å². The summed E-state index contributed by atoms with van der Waals surface area (Å²) in [5.41, 5.74) is 0. The predicted octanol–water partition coefficient (Wildman–Crippen LogP) is 2.21. The molecule has 0 atom stereocenters. The van der Waals surface area contributed by atoms with E-state index in [2.05, 4.69) is 0 Å². The molecule has 1 rings (SSSR count). The van der Waals surface area contributed by atoms with Crippen molar-refractivity contribution >= 4 is 13.6 Å². The Kier molecular flexibility index (Phi) is 2.09. The van der Waals surface area contributed by atoms with E-state index in [1.807, 2.05) is 0 Å². The highest BCUT2D eigenvalue weighted by atomic mass is 28.4. The van der Waals surface area contributed by atoms with Gasteiger partial charge in [0.2, 0.25) is 0 Å². The van der Waals surface area contributed by atoms with E-state index < -0.39 is 8.41 Å². The summed E-state index contributed by atoms with van der Waals surface area (Å²) < 4.78 is 25.6. The van der Waals surface area contributed by atoms with Crippen LogP contribution in [0.1, 0.15) is 0 Å². The molecule has 11 heavy (non-hydrogen) atoms. The first-order valence-electron chi connectivity index (χ1n) is 3.45. The zero-order valence-corrected chi connectivity index (χ0v) is 7.57. The van der Waals surface area contributed by atoms with Crippen LogP contribution in [0, 0.1) is 5.82 Å². The maximum Gasteiger partial charge on any atom is 0.271 e. The van der Waals surface area contributed by atoms with Crippen LogP contribution in [0.3, 0.4) is 0 Å². The average molecular weight is 172 g/mol. The minimum absolute atomic E-state index is 0.313. The Labute approximate surface area is 66.0 Å². The molecule has 0 amide bonds. The predicted molar refractivity (Wildman–Crippen MR) is 44.6 cm³/mol. The summed E-state index contributed by atoms with van der Waals surface area (Å²) in [7, 11) is -2.72. The molecule has 0 bridgehead atoms. The Morgan fingerprint density at radius 3 is 1.91 bits per heavy atom. The molecular formula is C8H10F2Si. The van der Waals surface area contributed by atoms with Gasteiger partial charge in [0, 0.05) is 0 Å². The molecule has 0 aliphatic carbocycles. The summed E-state index contributed by atoms with van der Waals surface area (Å²) in [5.74, 6) is -0.313. The van der Waals surface area contributed by atoms with Crippen molar-refractivity contribution in [2.75, 3.05) is 0 Å². The van der Waals surface area contributed by atoms with Crippen LogP contribution < -0.4 is 5.19 Å². The van der Waals surface area contributed by atoms with Crippen LogP contribution in [-0.2, 0) is 0 Å². The highest BCUT2D eigenvalue weighted by Gasteiger charge is 2.22. The molecule has 3 heteroatoms. The number of hydrogen-bond donors (Lipinski definition) is 0. The van der Waals surface area contributed by atoms with Gasteiger partial charge in [-0.15, -0.1) is 0 Å². The first-order valence-corrected chi connectivity index (χ1v) is 6.33.